The molecule has 3 N–H and O–H groups in total. The first kappa shape index (κ1) is 15.8. The third kappa shape index (κ3) is 5.00. The first-order chi connectivity index (χ1) is 10.2. The van der Waals surface area contributed by atoms with Crippen molar-refractivity contribution in [2.24, 2.45) is 5.73 Å². The lowest BCUT2D eigenvalue weighted by molar-refractivity contribution is -0.119. The molecule has 0 spiro atoms. The van der Waals surface area contributed by atoms with Crippen LogP contribution in [-0.4, -0.2) is 56.3 Å². The SMILES string of the molecule is CCOc1ccc(NC(=O)CN2CCOC(CN)C2)cc1. The first-order valence-corrected chi connectivity index (χ1v) is 7.28. The Morgan fingerprint density at radius 2 is 2.24 bits per heavy atom. The molecule has 1 heterocycles. The lowest BCUT2D eigenvalue weighted by Gasteiger charge is -2.31. The van der Waals surface area contributed by atoms with Gasteiger partial charge in [-0.3, -0.25) is 9.69 Å². The van der Waals surface area contributed by atoms with Crippen molar-refractivity contribution < 1.29 is 14.3 Å². The summed E-state index contributed by atoms with van der Waals surface area (Å²) in [6.45, 7) is 5.49. The van der Waals surface area contributed by atoms with Crippen molar-refractivity contribution in [2.45, 2.75) is 13.0 Å². The normalized spacial score (nSPS) is 19.2. The number of nitrogens with two attached hydrogens (primary N) is 1. The minimum atomic E-state index is -0.0307. The predicted molar refractivity (Wildman–Crippen MR) is 81.5 cm³/mol. The van der Waals surface area contributed by atoms with E-state index < -0.39 is 0 Å². The average molecular weight is 293 g/mol. The number of hydrogen-bond acceptors (Lipinski definition) is 5. The molecule has 0 radical (unpaired) electrons. The quantitative estimate of drug-likeness (QED) is 0.807. The first-order valence-electron chi connectivity index (χ1n) is 7.28. The summed E-state index contributed by atoms with van der Waals surface area (Å²) in [6.07, 6.45) is 0.0250. The summed E-state index contributed by atoms with van der Waals surface area (Å²) in [4.78, 5) is 14.1. The van der Waals surface area contributed by atoms with E-state index in [0.717, 1.165) is 18.0 Å². The zero-order chi connectivity index (χ0) is 15.1. The molecule has 0 saturated carbocycles. The van der Waals surface area contributed by atoms with Crippen molar-refractivity contribution >= 4 is 11.6 Å². The Hall–Kier alpha value is -1.63. The highest BCUT2D eigenvalue weighted by Crippen LogP contribution is 2.15. The van der Waals surface area contributed by atoms with E-state index in [2.05, 4.69) is 10.2 Å². The Bertz CT molecular complexity index is 450. The Morgan fingerprint density at radius 3 is 2.90 bits per heavy atom. The van der Waals surface area contributed by atoms with Crippen molar-refractivity contribution in [2.75, 3.05) is 44.7 Å². The molecule has 1 aliphatic heterocycles. The number of benzene rings is 1. The fourth-order valence-electron chi connectivity index (χ4n) is 2.27. The molecule has 1 amide bonds. The summed E-state index contributed by atoms with van der Waals surface area (Å²) < 4.78 is 10.8. The van der Waals surface area contributed by atoms with E-state index in [1.807, 2.05) is 31.2 Å². The fourth-order valence-corrected chi connectivity index (χ4v) is 2.27. The number of carbonyl (C=O) groups excluding carboxylic acids is 1. The minimum absolute atomic E-state index is 0.0250. The second-order valence-corrected chi connectivity index (χ2v) is 4.97. The van der Waals surface area contributed by atoms with Crippen molar-refractivity contribution in [1.29, 1.82) is 0 Å². The highest BCUT2D eigenvalue weighted by Gasteiger charge is 2.20. The van der Waals surface area contributed by atoms with Crippen LogP contribution in [0, 0.1) is 0 Å². The number of morpholine rings is 1. The molecule has 0 aromatic heterocycles. The Kier molecular flexibility index (Phi) is 5.98. The van der Waals surface area contributed by atoms with Crippen LogP contribution in [0.2, 0.25) is 0 Å². The Morgan fingerprint density at radius 1 is 1.48 bits per heavy atom. The molecule has 1 atom stereocenters. The van der Waals surface area contributed by atoms with Gasteiger partial charge in [0.05, 0.1) is 25.9 Å². The van der Waals surface area contributed by atoms with Gasteiger partial charge in [0.2, 0.25) is 5.91 Å². The standard InChI is InChI=1S/C15H23N3O3/c1-2-20-13-5-3-12(4-6-13)17-15(19)11-18-7-8-21-14(9-16)10-18/h3-6,14H,2,7-11,16H2,1H3,(H,17,19). The third-order valence-electron chi connectivity index (χ3n) is 3.30. The van der Waals surface area contributed by atoms with Gasteiger partial charge >= 0.3 is 0 Å². The van der Waals surface area contributed by atoms with Crippen LogP contribution in [-0.2, 0) is 9.53 Å². The molecule has 1 aromatic carbocycles. The van der Waals surface area contributed by atoms with E-state index in [4.69, 9.17) is 15.2 Å². The van der Waals surface area contributed by atoms with Gasteiger partial charge in [0.25, 0.3) is 0 Å². The zero-order valence-corrected chi connectivity index (χ0v) is 12.4. The Balaban J connectivity index is 1.81. The predicted octanol–water partition coefficient (Wildman–Crippen LogP) is 0.683. The highest BCUT2D eigenvalue weighted by molar-refractivity contribution is 5.92. The third-order valence-corrected chi connectivity index (χ3v) is 3.30. The van der Waals surface area contributed by atoms with Gasteiger partial charge in [0.15, 0.2) is 0 Å². The minimum Gasteiger partial charge on any atom is -0.494 e. The topological polar surface area (TPSA) is 76.8 Å². The van der Waals surface area contributed by atoms with Crippen LogP contribution in [0.25, 0.3) is 0 Å². The van der Waals surface area contributed by atoms with Gasteiger partial charge in [-0.05, 0) is 31.2 Å². The van der Waals surface area contributed by atoms with Crippen molar-refractivity contribution in [1.82, 2.24) is 4.90 Å². The molecular formula is C15H23N3O3. The van der Waals surface area contributed by atoms with Crippen LogP contribution >= 0.6 is 0 Å². The van der Waals surface area contributed by atoms with Crippen LogP contribution in [0.15, 0.2) is 24.3 Å². The van der Waals surface area contributed by atoms with Gasteiger partial charge in [-0.1, -0.05) is 0 Å². The van der Waals surface area contributed by atoms with Gasteiger partial charge in [0.1, 0.15) is 5.75 Å². The summed E-state index contributed by atoms with van der Waals surface area (Å²) in [5, 5.41) is 2.88. The number of carbonyl (C=O) groups is 1. The number of amides is 1. The smallest absolute Gasteiger partial charge is 0.238 e. The van der Waals surface area contributed by atoms with Crippen molar-refractivity contribution in [3.63, 3.8) is 0 Å². The molecule has 1 fully saturated rings. The number of ether oxygens (including phenoxy) is 2. The molecule has 21 heavy (non-hydrogen) atoms. The monoisotopic (exact) mass is 293 g/mol. The zero-order valence-electron chi connectivity index (χ0n) is 12.4. The average Bonchev–Trinajstić information content (AvgIpc) is 2.49. The molecule has 116 valence electrons. The van der Waals surface area contributed by atoms with Crippen LogP contribution < -0.4 is 15.8 Å². The second-order valence-electron chi connectivity index (χ2n) is 4.97. The Labute approximate surface area is 125 Å². The maximum absolute atomic E-state index is 12.0. The van der Waals surface area contributed by atoms with Gasteiger partial charge in [0, 0.05) is 25.3 Å². The molecule has 1 aliphatic rings. The molecule has 1 aromatic rings. The molecule has 6 nitrogen and oxygen atoms in total. The number of rotatable bonds is 6. The van der Waals surface area contributed by atoms with Crippen molar-refractivity contribution in [3.8, 4) is 5.75 Å². The van der Waals surface area contributed by atoms with E-state index in [1.54, 1.807) is 0 Å². The largest absolute Gasteiger partial charge is 0.494 e. The summed E-state index contributed by atoms with van der Waals surface area (Å²) in [5.74, 6) is 0.770. The van der Waals surface area contributed by atoms with E-state index >= 15 is 0 Å². The number of nitrogens with one attached hydrogen (secondary N) is 1. The fraction of sp³-hybridized carbons (Fsp3) is 0.533. The molecule has 1 unspecified atom stereocenters. The summed E-state index contributed by atoms with van der Waals surface area (Å²) in [6, 6.07) is 7.37. The molecule has 2 rings (SSSR count). The summed E-state index contributed by atoms with van der Waals surface area (Å²) >= 11 is 0. The van der Waals surface area contributed by atoms with E-state index in [-0.39, 0.29) is 12.0 Å². The van der Waals surface area contributed by atoms with E-state index in [0.29, 0.717) is 32.8 Å². The number of nitrogens with zero attached hydrogens (tertiary/aromatic N) is 1. The molecule has 1 saturated heterocycles. The van der Waals surface area contributed by atoms with Crippen LogP contribution in [0.4, 0.5) is 5.69 Å². The van der Waals surface area contributed by atoms with Crippen LogP contribution in [0.1, 0.15) is 6.92 Å². The van der Waals surface area contributed by atoms with Crippen LogP contribution in [0.3, 0.4) is 0 Å². The lowest BCUT2D eigenvalue weighted by Crippen LogP contribution is -2.48. The van der Waals surface area contributed by atoms with Crippen LogP contribution in [0.5, 0.6) is 5.75 Å². The van der Waals surface area contributed by atoms with Gasteiger partial charge < -0.3 is 20.5 Å². The maximum atomic E-state index is 12.0. The summed E-state index contributed by atoms with van der Waals surface area (Å²) in [7, 11) is 0. The molecular weight excluding hydrogens is 270 g/mol. The van der Waals surface area contributed by atoms with E-state index in [9.17, 15) is 4.79 Å². The number of hydrogen-bond donors (Lipinski definition) is 2. The molecule has 0 bridgehead atoms. The highest BCUT2D eigenvalue weighted by atomic mass is 16.5. The van der Waals surface area contributed by atoms with Gasteiger partial charge in [-0.25, -0.2) is 0 Å². The van der Waals surface area contributed by atoms with E-state index in [1.165, 1.54) is 0 Å². The van der Waals surface area contributed by atoms with Crippen molar-refractivity contribution in [3.05, 3.63) is 24.3 Å². The van der Waals surface area contributed by atoms with Gasteiger partial charge in [-0.15, -0.1) is 0 Å². The summed E-state index contributed by atoms with van der Waals surface area (Å²) in [5.41, 5.74) is 6.36. The number of anilines is 1. The molecule has 6 heteroatoms. The second kappa shape index (κ2) is 7.97. The molecule has 0 aliphatic carbocycles. The lowest BCUT2D eigenvalue weighted by atomic mass is 10.2. The van der Waals surface area contributed by atoms with Gasteiger partial charge in [-0.2, -0.15) is 0 Å². The maximum Gasteiger partial charge on any atom is 0.238 e.